The van der Waals surface area contributed by atoms with Gasteiger partial charge in [-0.2, -0.15) is 0 Å². The average Bonchev–Trinajstić information content (AvgIpc) is 3.06. The fourth-order valence-electron chi connectivity index (χ4n) is 5.56. The van der Waals surface area contributed by atoms with E-state index in [4.69, 9.17) is 9.72 Å². The number of esters is 1. The van der Waals surface area contributed by atoms with E-state index in [2.05, 4.69) is 0 Å². The molecule has 1 aromatic carbocycles. The SMILES string of the molecule is CC[C@@]1(O)C(=O)OCc2c1cc1n(c2=O)Cc2c-1nc1cc(F)c(C)c3c1c2C(=O)CCC3. The maximum atomic E-state index is 14.7. The van der Waals surface area contributed by atoms with Crippen molar-refractivity contribution in [3.63, 3.8) is 0 Å². The summed E-state index contributed by atoms with van der Waals surface area (Å²) < 4.78 is 21.4. The number of fused-ring (bicyclic) bond motifs is 5. The number of nitrogens with zero attached hydrogens (tertiary/aromatic N) is 2. The van der Waals surface area contributed by atoms with Gasteiger partial charge in [0.05, 0.1) is 29.0 Å². The highest BCUT2D eigenvalue weighted by molar-refractivity contribution is 6.12. The van der Waals surface area contributed by atoms with Crippen molar-refractivity contribution in [2.75, 3.05) is 0 Å². The first-order chi connectivity index (χ1) is 15.8. The van der Waals surface area contributed by atoms with Crippen LogP contribution in [0, 0.1) is 12.7 Å². The number of aliphatic hydroxyl groups is 1. The normalized spacial score (nSPS) is 20.8. The third kappa shape index (κ3) is 2.47. The molecule has 6 rings (SSSR count). The fourth-order valence-corrected chi connectivity index (χ4v) is 5.56. The van der Waals surface area contributed by atoms with Crippen molar-refractivity contribution >= 4 is 22.7 Å². The van der Waals surface area contributed by atoms with Crippen LogP contribution in [-0.2, 0) is 34.7 Å². The van der Waals surface area contributed by atoms with Gasteiger partial charge in [-0.1, -0.05) is 6.92 Å². The van der Waals surface area contributed by atoms with Gasteiger partial charge in [0.15, 0.2) is 11.4 Å². The Labute approximate surface area is 187 Å². The first-order valence-corrected chi connectivity index (χ1v) is 11.1. The van der Waals surface area contributed by atoms with Crippen LogP contribution in [0.2, 0.25) is 0 Å². The molecule has 1 atom stereocenters. The number of hydrogen-bond donors (Lipinski definition) is 1. The molecule has 4 heterocycles. The minimum atomic E-state index is -1.93. The lowest BCUT2D eigenvalue weighted by Crippen LogP contribution is -2.44. The minimum absolute atomic E-state index is 0.0390. The van der Waals surface area contributed by atoms with Gasteiger partial charge in [-0.15, -0.1) is 0 Å². The molecule has 2 aromatic heterocycles. The predicted molar refractivity (Wildman–Crippen MR) is 116 cm³/mol. The Bertz CT molecular complexity index is 1510. The largest absolute Gasteiger partial charge is 0.458 e. The molecule has 1 N–H and O–H groups in total. The van der Waals surface area contributed by atoms with Crippen molar-refractivity contribution in [1.82, 2.24) is 9.55 Å². The van der Waals surface area contributed by atoms with Gasteiger partial charge in [-0.05, 0) is 43.4 Å². The molecule has 0 spiro atoms. The van der Waals surface area contributed by atoms with Crippen LogP contribution in [0.3, 0.4) is 0 Å². The molecule has 168 valence electrons. The standard InChI is InChI=1S/C25H21FN2O5/c1-3-25(32)15-7-18-22-13(9-28(18)23(30)14(15)10-33-24(25)31)21-19(29)6-4-5-12-11(2)16(26)8-17(27-22)20(12)21/h7-8,32H,3-6,9-10H2,1-2H3/t25-/m0/s1. The highest BCUT2D eigenvalue weighted by atomic mass is 19.1. The molecule has 0 fully saturated rings. The summed E-state index contributed by atoms with van der Waals surface area (Å²) in [6.07, 6.45) is 1.58. The summed E-state index contributed by atoms with van der Waals surface area (Å²) in [5, 5.41) is 11.7. The van der Waals surface area contributed by atoms with Crippen LogP contribution < -0.4 is 5.56 Å². The van der Waals surface area contributed by atoms with Gasteiger partial charge in [0, 0.05) is 34.6 Å². The van der Waals surface area contributed by atoms with E-state index in [1.807, 2.05) is 0 Å². The van der Waals surface area contributed by atoms with Gasteiger partial charge in [0.1, 0.15) is 12.4 Å². The maximum absolute atomic E-state index is 14.7. The van der Waals surface area contributed by atoms with Crippen LogP contribution in [0.1, 0.15) is 64.4 Å². The number of aromatic nitrogens is 2. The summed E-state index contributed by atoms with van der Waals surface area (Å²) in [7, 11) is 0. The van der Waals surface area contributed by atoms with Gasteiger partial charge in [0.2, 0.25) is 0 Å². The monoisotopic (exact) mass is 448 g/mol. The van der Waals surface area contributed by atoms with E-state index in [-0.39, 0.29) is 47.9 Å². The fraction of sp³-hybridized carbons (Fsp3) is 0.360. The van der Waals surface area contributed by atoms with Gasteiger partial charge < -0.3 is 14.4 Å². The maximum Gasteiger partial charge on any atom is 0.343 e. The Morgan fingerprint density at radius 1 is 1.18 bits per heavy atom. The van der Waals surface area contributed by atoms with Crippen LogP contribution in [0.5, 0.6) is 0 Å². The first kappa shape index (κ1) is 20.2. The summed E-state index contributed by atoms with van der Waals surface area (Å²) in [5.41, 5.74) is 1.76. The summed E-state index contributed by atoms with van der Waals surface area (Å²) in [6.45, 7) is 3.28. The van der Waals surface area contributed by atoms with Crippen molar-refractivity contribution in [3.8, 4) is 11.4 Å². The number of cyclic esters (lactones) is 1. The van der Waals surface area contributed by atoms with Crippen molar-refractivity contribution in [2.24, 2.45) is 0 Å². The van der Waals surface area contributed by atoms with Gasteiger partial charge in [0.25, 0.3) is 5.56 Å². The van der Waals surface area contributed by atoms with E-state index in [1.54, 1.807) is 19.9 Å². The van der Waals surface area contributed by atoms with Gasteiger partial charge >= 0.3 is 5.97 Å². The third-order valence-electron chi connectivity index (χ3n) is 7.41. The lowest BCUT2D eigenvalue weighted by Gasteiger charge is -2.31. The molecule has 3 aromatic rings. The number of benzene rings is 1. The average molecular weight is 448 g/mol. The van der Waals surface area contributed by atoms with Crippen molar-refractivity contribution in [1.29, 1.82) is 0 Å². The number of ketones is 1. The number of rotatable bonds is 1. The molecular formula is C25H21FN2O5. The Kier molecular flexibility index (Phi) is 4.03. The van der Waals surface area contributed by atoms with Crippen molar-refractivity contribution in [3.05, 3.63) is 61.7 Å². The van der Waals surface area contributed by atoms with E-state index in [0.29, 0.717) is 58.2 Å². The number of halogens is 1. The lowest BCUT2D eigenvalue weighted by molar-refractivity contribution is -0.172. The highest BCUT2D eigenvalue weighted by Crippen LogP contribution is 2.42. The lowest BCUT2D eigenvalue weighted by atomic mass is 9.86. The van der Waals surface area contributed by atoms with Gasteiger partial charge in [-0.25, -0.2) is 14.2 Å². The molecular weight excluding hydrogens is 427 g/mol. The molecule has 2 aliphatic heterocycles. The number of carbonyl (C=O) groups excluding carboxylic acids is 2. The number of ether oxygens (including phenoxy) is 1. The quantitative estimate of drug-likeness (QED) is 0.450. The van der Waals surface area contributed by atoms with E-state index in [0.717, 1.165) is 5.56 Å². The number of aryl methyl sites for hydroxylation is 1. The van der Waals surface area contributed by atoms with Crippen LogP contribution in [0.4, 0.5) is 4.39 Å². The van der Waals surface area contributed by atoms with E-state index < -0.39 is 11.6 Å². The van der Waals surface area contributed by atoms with Crippen molar-refractivity contribution < 1.29 is 23.8 Å². The third-order valence-corrected chi connectivity index (χ3v) is 7.41. The Morgan fingerprint density at radius 3 is 2.73 bits per heavy atom. The Hall–Kier alpha value is -3.39. The number of hydrogen-bond acceptors (Lipinski definition) is 6. The van der Waals surface area contributed by atoms with E-state index in [9.17, 15) is 23.9 Å². The zero-order chi connectivity index (χ0) is 23.2. The number of Topliss-reactive ketones (excluding diaryl/α,β-unsaturated/α-hetero) is 1. The first-order valence-electron chi connectivity index (χ1n) is 11.1. The van der Waals surface area contributed by atoms with Crippen LogP contribution in [-0.4, -0.2) is 26.4 Å². The molecule has 0 saturated heterocycles. The summed E-state index contributed by atoms with van der Waals surface area (Å²) in [5.74, 6) is -1.22. The van der Waals surface area contributed by atoms with Crippen LogP contribution in [0.25, 0.3) is 22.3 Å². The second-order valence-electron chi connectivity index (χ2n) is 9.05. The molecule has 0 bridgehead atoms. The summed E-state index contributed by atoms with van der Waals surface area (Å²) >= 11 is 0. The van der Waals surface area contributed by atoms with Gasteiger partial charge in [-0.3, -0.25) is 9.59 Å². The van der Waals surface area contributed by atoms with Crippen LogP contribution >= 0.6 is 0 Å². The molecule has 33 heavy (non-hydrogen) atoms. The van der Waals surface area contributed by atoms with Crippen molar-refractivity contribution in [2.45, 2.75) is 58.3 Å². The molecule has 1 aliphatic carbocycles. The molecule has 0 unspecified atom stereocenters. The molecule has 0 radical (unpaired) electrons. The second kappa shape index (κ2) is 6.57. The highest BCUT2D eigenvalue weighted by Gasteiger charge is 2.45. The molecule has 7 nitrogen and oxygen atoms in total. The van der Waals surface area contributed by atoms with Crippen LogP contribution in [0.15, 0.2) is 16.9 Å². The minimum Gasteiger partial charge on any atom is -0.458 e. The smallest absolute Gasteiger partial charge is 0.343 e. The Morgan fingerprint density at radius 2 is 1.97 bits per heavy atom. The molecule has 0 saturated carbocycles. The summed E-state index contributed by atoms with van der Waals surface area (Å²) in [6, 6.07) is 2.94. The molecule has 0 amide bonds. The molecule has 8 heteroatoms. The predicted octanol–water partition coefficient (Wildman–Crippen LogP) is 3.05. The van der Waals surface area contributed by atoms with E-state index in [1.165, 1.54) is 10.6 Å². The summed E-state index contributed by atoms with van der Waals surface area (Å²) in [4.78, 5) is 43.7. The second-order valence-corrected chi connectivity index (χ2v) is 9.05. The Balaban J connectivity index is 1.71. The molecule has 3 aliphatic rings. The van der Waals surface area contributed by atoms with E-state index >= 15 is 0 Å². The number of carbonyl (C=O) groups is 2. The zero-order valence-electron chi connectivity index (χ0n) is 18.2. The number of pyridine rings is 2. The topological polar surface area (TPSA) is 98.5 Å². The zero-order valence-corrected chi connectivity index (χ0v) is 18.2.